The maximum atomic E-state index is 13.8. The normalized spacial score (nSPS) is 21.6. The van der Waals surface area contributed by atoms with E-state index >= 15 is 0 Å². The minimum absolute atomic E-state index is 0.0381. The first kappa shape index (κ1) is 18.7. The molecule has 1 atom stereocenters. The molecule has 1 amide bonds. The second-order valence-electron chi connectivity index (χ2n) is 7.02. The highest BCUT2D eigenvalue weighted by atomic mass is 19.4. The van der Waals surface area contributed by atoms with Gasteiger partial charge in [-0.05, 0) is 54.8 Å². The number of fused-ring (bicyclic) bond motifs is 2. The Morgan fingerprint density at radius 2 is 1.93 bits per heavy atom. The number of benzene rings is 1. The average Bonchev–Trinajstić information content (AvgIpc) is 3.18. The minimum Gasteiger partial charge on any atom is -0.325 e. The Kier molecular flexibility index (Phi) is 4.11. The number of hydrogen-bond donors (Lipinski definition) is 2. The van der Waals surface area contributed by atoms with E-state index in [1.807, 2.05) is 0 Å². The summed E-state index contributed by atoms with van der Waals surface area (Å²) in [6.45, 7) is 3.21. The van der Waals surface area contributed by atoms with Gasteiger partial charge in [0.2, 0.25) is 5.91 Å². The molecule has 0 spiro atoms. The van der Waals surface area contributed by atoms with Crippen molar-refractivity contribution < 1.29 is 26.7 Å². The lowest BCUT2D eigenvalue weighted by Crippen LogP contribution is -2.44. The molecule has 3 aliphatic heterocycles. The van der Waals surface area contributed by atoms with E-state index in [4.69, 9.17) is 0 Å². The van der Waals surface area contributed by atoms with Crippen LogP contribution in [-0.4, -0.2) is 29.6 Å². The van der Waals surface area contributed by atoms with E-state index in [1.54, 1.807) is 19.1 Å². The van der Waals surface area contributed by atoms with Crippen LogP contribution in [0.25, 0.3) is 5.70 Å². The molecule has 3 heterocycles. The van der Waals surface area contributed by atoms with E-state index in [9.17, 15) is 26.7 Å². The van der Waals surface area contributed by atoms with Gasteiger partial charge in [0, 0.05) is 16.8 Å². The molecule has 0 aliphatic carbocycles. The van der Waals surface area contributed by atoms with E-state index in [-0.39, 0.29) is 29.3 Å². The molecule has 2 N–H and O–H groups in total. The van der Waals surface area contributed by atoms with E-state index < -0.39 is 18.6 Å². The highest BCUT2D eigenvalue weighted by Gasteiger charge is 2.46. The summed E-state index contributed by atoms with van der Waals surface area (Å²) in [5.74, 6) is -0.213. The van der Waals surface area contributed by atoms with Crippen LogP contribution in [0.5, 0.6) is 0 Å². The van der Waals surface area contributed by atoms with Crippen molar-refractivity contribution in [3.05, 3.63) is 57.8 Å². The number of anilines is 1. The van der Waals surface area contributed by atoms with Gasteiger partial charge in [-0.2, -0.15) is 13.2 Å². The Balaban J connectivity index is 1.88. The fourth-order valence-corrected chi connectivity index (χ4v) is 3.78. The molecule has 1 aromatic carbocycles. The van der Waals surface area contributed by atoms with Crippen molar-refractivity contribution in [3.8, 4) is 0 Å². The highest BCUT2D eigenvalue weighted by Crippen LogP contribution is 2.42. The molecule has 0 saturated carbocycles. The van der Waals surface area contributed by atoms with Crippen LogP contribution in [0.1, 0.15) is 23.6 Å². The number of aryl methyl sites for hydroxylation is 1. The topological polar surface area (TPSA) is 44.4 Å². The number of hydrogen-bond acceptors (Lipinski definition) is 3. The zero-order chi connectivity index (χ0) is 20.4. The molecule has 1 unspecified atom stereocenters. The summed E-state index contributed by atoms with van der Waals surface area (Å²) >= 11 is 0. The number of hydrazine groups is 1. The van der Waals surface area contributed by atoms with Gasteiger partial charge in [-0.15, -0.1) is 0 Å². The highest BCUT2D eigenvalue weighted by molar-refractivity contribution is 6.00. The molecule has 0 radical (unpaired) electrons. The van der Waals surface area contributed by atoms with Crippen molar-refractivity contribution in [2.45, 2.75) is 38.9 Å². The molecule has 1 aromatic rings. The van der Waals surface area contributed by atoms with Crippen LogP contribution >= 0.6 is 0 Å². The Bertz CT molecular complexity index is 975. The standard InChI is InChI=1S/C19H16F5N3O/c1-8-4-12(18(20)21)17(27-13(8)7-14(26-27)19(22,23)24)11-3-9(2)16-10(5-11)6-15(28)25-16/h3-5,7,14,18,26H,6H2,1-2H3,(H,25,28). The molecule has 0 bridgehead atoms. The van der Waals surface area contributed by atoms with Crippen molar-refractivity contribution in [3.63, 3.8) is 0 Å². The van der Waals surface area contributed by atoms with Crippen molar-refractivity contribution in [2.75, 3.05) is 5.32 Å². The van der Waals surface area contributed by atoms with Gasteiger partial charge in [0.05, 0.1) is 17.8 Å². The molecule has 4 rings (SSSR count). The first-order valence-corrected chi connectivity index (χ1v) is 8.56. The SMILES string of the molecule is CC1=CC(C(F)F)=C(c2cc(C)c3c(c2)CC(=O)N3)N2NC(C(F)(F)F)C=C12. The maximum absolute atomic E-state index is 13.8. The minimum atomic E-state index is -4.56. The lowest BCUT2D eigenvalue weighted by atomic mass is 9.95. The fraction of sp³-hybridized carbons (Fsp3) is 0.316. The van der Waals surface area contributed by atoms with Gasteiger partial charge in [-0.1, -0.05) is 0 Å². The molecule has 148 valence electrons. The number of carbonyl (C=O) groups is 1. The van der Waals surface area contributed by atoms with Gasteiger partial charge in [-0.25, -0.2) is 14.2 Å². The van der Waals surface area contributed by atoms with Gasteiger partial charge in [0.15, 0.2) is 0 Å². The predicted octanol–water partition coefficient (Wildman–Crippen LogP) is 4.06. The van der Waals surface area contributed by atoms with Crippen LogP contribution < -0.4 is 10.7 Å². The number of allylic oxidation sites excluding steroid dienone is 3. The van der Waals surface area contributed by atoms with Crippen LogP contribution in [0.3, 0.4) is 0 Å². The van der Waals surface area contributed by atoms with Crippen LogP contribution in [0.4, 0.5) is 27.6 Å². The summed E-state index contributed by atoms with van der Waals surface area (Å²) in [6, 6.07) is 1.19. The van der Waals surface area contributed by atoms with Crippen molar-refractivity contribution in [1.82, 2.24) is 10.4 Å². The zero-order valence-electron chi connectivity index (χ0n) is 14.9. The Hall–Kier alpha value is -2.68. The third-order valence-electron chi connectivity index (χ3n) is 5.00. The predicted molar refractivity (Wildman–Crippen MR) is 93.1 cm³/mol. The summed E-state index contributed by atoms with van der Waals surface area (Å²) in [4.78, 5) is 11.7. The molecule has 4 nitrogen and oxygen atoms in total. The first-order valence-electron chi connectivity index (χ1n) is 8.56. The largest absolute Gasteiger partial charge is 0.409 e. The van der Waals surface area contributed by atoms with E-state index in [1.165, 1.54) is 13.0 Å². The summed E-state index contributed by atoms with van der Waals surface area (Å²) in [7, 11) is 0. The molecule has 3 aliphatic rings. The van der Waals surface area contributed by atoms with Crippen molar-refractivity contribution in [2.24, 2.45) is 0 Å². The van der Waals surface area contributed by atoms with E-state index in [0.29, 0.717) is 28.0 Å². The Morgan fingerprint density at radius 3 is 2.57 bits per heavy atom. The van der Waals surface area contributed by atoms with Gasteiger partial charge in [0.25, 0.3) is 6.43 Å². The van der Waals surface area contributed by atoms with Crippen molar-refractivity contribution in [1.29, 1.82) is 0 Å². The second kappa shape index (κ2) is 6.16. The number of carbonyl (C=O) groups excluding carboxylic acids is 1. The quantitative estimate of drug-likeness (QED) is 0.740. The average molecular weight is 397 g/mol. The molecular formula is C19H16F5N3O. The fourth-order valence-electron chi connectivity index (χ4n) is 3.78. The lowest BCUT2D eigenvalue weighted by Gasteiger charge is -2.33. The molecular weight excluding hydrogens is 381 g/mol. The van der Waals surface area contributed by atoms with Crippen LogP contribution in [0, 0.1) is 6.92 Å². The third-order valence-corrected chi connectivity index (χ3v) is 5.00. The Morgan fingerprint density at radius 1 is 1.21 bits per heavy atom. The number of alkyl halides is 5. The van der Waals surface area contributed by atoms with E-state index in [2.05, 4.69) is 10.7 Å². The van der Waals surface area contributed by atoms with Crippen LogP contribution in [0.15, 0.2) is 41.1 Å². The maximum Gasteiger partial charge on any atom is 0.409 e. The van der Waals surface area contributed by atoms with E-state index in [0.717, 1.165) is 11.1 Å². The lowest BCUT2D eigenvalue weighted by molar-refractivity contribution is -0.147. The van der Waals surface area contributed by atoms with Crippen LogP contribution in [-0.2, 0) is 11.2 Å². The third kappa shape index (κ3) is 2.90. The van der Waals surface area contributed by atoms with Gasteiger partial charge in [0.1, 0.15) is 6.04 Å². The summed E-state index contributed by atoms with van der Waals surface area (Å²) in [6.07, 6.45) is -5.15. The molecule has 28 heavy (non-hydrogen) atoms. The number of nitrogens with one attached hydrogen (secondary N) is 2. The number of nitrogens with zero attached hydrogens (tertiary/aromatic N) is 1. The smallest absolute Gasteiger partial charge is 0.325 e. The monoisotopic (exact) mass is 397 g/mol. The number of amides is 1. The second-order valence-corrected chi connectivity index (χ2v) is 7.02. The molecule has 0 saturated heterocycles. The number of halogens is 5. The zero-order valence-corrected chi connectivity index (χ0v) is 14.9. The molecule has 9 heteroatoms. The molecule has 0 fully saturated rings. The summed E-state index contributed by atoms with van der Waals surface area (Å²) in [5, 5.41) is 3.79. The first-order chi connectivity index (χ1) is 13.1. The Labute approximate surface area is 157 Å². The van der Waals surface area contributed by atoms with Crippen molar-refractivity contribution >= 4 is 17.3 Å². The van der Waals surface area contributed by atoms with Crippen LogP contribution in [0.2, 0.25) is 0 Å². The summed E-state index contributed by atoms with van der Waals surface area (Å²) in [5.41, 5.74) is 4.61. The van der Waals surface area contributed by atoms with Gasteiger partial charge >= 0.3 is 6.18 Å². The van der Waals surface area contributed by atoms with Gasteiger partial charge in [-0.3, -0.25) is 9.80 Å². The summed E-state index contributed by atoms with van der Waals surface area (Å²) < 4.78 is 67.3. The molecule has 0 aromatic heterocycles. The van der Waals surface area contributed by atoms with Gasteiger partial charge < -0.3 is 5.32 Å². The number of rotatable bonds is 2.